The lowest BCUT2D eigenvalue weighted by molar-refractivity contribution is -0.111. The molecule has 1 heterocycles. The molecule has 5 nitrogen and oxygen atoms in total. The van der Waals surface area contributed by atoms with Crippen LogP contribution >= 0.6 is 22.9 Å². The largest absolute Gasteiger partial charge is 0.462 e. The molecule has 8 heteroatoms. The van der Waals surface area contributed by atoms with Gasteiger partial charge in [-0.05, 0) is 44.5 Å². The Balaban J connectivity index is 2.31. The minimum atomic E-state index is -0.629. The van der Waals surface area contributed by atoms with Crippen molar-refractivity contribution in [2.24, 2.45) is 0 Å². The molecule has 0 saturated carbocycles. The second-order valence-electron chi connectivity index (χ2n) is 5.49. The average molecular weight is 410 g/mol. The molecule has 0 aliphatic carbocycles. The molecule has 0 aliphatic heterocycles. The van der Waals surface area contributed by atoms with Crippen molar-refractivity contribution in [1.29, 1.82) is 0 Å². The third-order valence-corrected chi connectivity index (χ3v) is 5.22. The zero-order valence-electron chi connectivity index (χ0n) is 14.9. The number of ketones is 1. The molecule has 1 aromatic carbocycles. The number of esters is 1. The van der Waals surface area contributed by atoms with Gasteiger partial charge in [0.25, 0.3) is 0 Å². The first-order chi connectivity index (χ1) is 12.8. The third kappa shape index (κ3) is 4.81. The van der Waals surface area contributed by atoms with E-state index in [2.05, 4.69) is 5.32 Å². The monoisotopic (exact) mass is 409 g/mol. The summed E-state index contributed by atoms with van der Waals surface area (Å²) in [7, 11) is 0. The summed E-state index contributed by atoms with van der Waals surface area (Å²) in [5, 5.41) is 2.91. The predicted octanol–water partition coefficient (Wildman–Crippen LogP) is 4.88. The first kappa shape index (κ1) is 20.8. The number of thiophene rings is 1. The Labute approximate surface area is 164 Å². The van der Waals surface area contributed by atoms with Crippen LogP contribution in [0.4, 0.5) is 9.39 Å². The number of hydrogen-bond donors (Lipinski definition) is 1. The SMILES string of the molecule is CCOC(=O)c1c(NC(=O)/C=C/c2c(F)cccc2Cl)sc(C(C)=O)c1C. The minimum Gasteiger partial charge on any atom is -0.462 e. The number of nitrogens with one attached hydrogen (secondary N) is 1. The molecule has 1 amide bonds. The first-order valence-electron chi connectivity index (χ1n) is 8.00. The Morgan fingerprint density at radius 3 is 2.63 bits per heavy atom. The fraction of sp³-hybridized carbons (Fsp3) is 0.211. The molecule has 2 rings (SSSR count). The summed E-state index contributed by atoms with van der Waals surface area (Å²) in [5.41, 5.74) is 0.659. The van der Waals surface area contributed by atoms with Crippen molar-refractivity contribution in [3.63, 3.8) is 0 Å². The summed E-state index contributed by atoms with van der Waals surface area (Å²) >= 11 is 6.90. The molecule has 0 aliphatic rings. The molecular formula is C19H17ClFNO4S. The molecule has 0 bridgehead atoms. The van der Waals surface area contributed by atoms with E-state index in [0.717, 1.165) is 17.4 Å². The van der Waals surface area contributed by atoms with Crippen molar-refractivity contribution < 1.29 is 23.5 Å². The third-order valence-electron chi connectivity index (χ3n) is 3.58. The van der Waals surface area contributed by atoms with Crippen molar-refractivity contribution in [2.45, 2.75) is 20.8 Å². The number of benzene rings is 1. The number of ether oxygens (including phenoxy) is 1. The van der Waals surface area contributed by atoms with Crippen LogP contribution < -0.4 is 5.32 Å². The van der Waals surface area contributed by atoms with Gasteiger partial charge in [-0.3, -0.25) is 9.59 Å². The van der Waals surface area contributed by atoms with Gasteiger partial charge in [-0.25, -0.2) is 9.18 Å². The first-order valence-corrected chi connectivity index (χ1v) is 9.20. The highest BCUT2D eigenvalue weighted by molar-refractivity contribution is 7.18. The summed E-state index contributed by atoms with van der Waals surface area (Å²) < 4.78 is 18.8. The second kappa shape index (κ2) is 8.92. The quantitative estimate of drug-likeness (QED) is 0.419. The van der Waals surface area contributed by atoms with Crippen molar-refractivity contribution in [1.82, 2.24) is 0 Å². The number of rotatable bonds is 6. The molecule has 0 saturated heterocycles. The van der Waals surface area contributed by atoms with Crippen LogP contribution in [0.15, 0.2) is 24.3 Å². The van der Waals surface area contributed by atoms with Gasteiger partial charge in [0, 0.05) is 11.6 Å². The standard InChI is InChI=1S/C19H17ClFNO4S/c1-4-26-19(25)16-10(2)17(11(3)23)27-18(16)22-15(24)9-8-12-13(20)6-5-7-14(12)21/h5-9H,4H2,1-3H3,(H,22,24)/b9-8+. The lowest BCUT2D eigenvalue weighted by Crippen LogP contribution is -2.12. The second-order valence-corrected chi connectivity index (χ2v) is 6.92. The molecule has 1 N–H and O–H groups in total. The number of Topliss-reactive ketones (excluding diaryl/α,β-unsaturated/α-hetero) is 1. The number of carbonyl (C=O) groups excluding carboxylic acids is 3. The highest BCUT2D eigenvalue weighted by atomic mass is 35.5. The summed E-state index contributed by atoms with van der Waals surface area (Å²) in [4.78, 5) is 36.6. The topological polar surface area (TPSA) is 72.5 Å². The van der Waals surface area contributed by atoms with E-state index in [1.807, 2.05) is 0 Å². The zero-order chi connectivity index (χ0) is 20.1. The van der Waals surface area contributed by atoms with Gasteiger partial charge in [-0.2, -0.15) is 0 Å². The molecular weight excluding hydrogens is 393 g/mol. The maximum atomic E-state index is 13.8. The molecule has 0 atom stereocenters. The van der Waals surface area contributed by atoms with Crippen LogP contribution in [0.2, 0.25) is 5.02 Å². The van der Waals surface area contributed by atoms with Gasteiger partial charge < -0.3 is 10.1 Å². The van der Waals surface area contributed by atoms with Crippen molar-refractivity contribution in [3.05, 3.63) is 56.7 Å². The fourth-order valence-electron chi connectivity index (χ4n) is 2.37. The molecule has 142 valence electrons. The number of carbonyl (C=O) groups is 3. The summed E-state index contributed by atoms with van der Waals surface area (Å²) in [5.74, 6) is -2.02. The van der Waals surface area contributed by atoms with E-state index in [9.17, 15) is 18.8 Å². The van der Waals surface area contributed by atoms with Crippen LogP contribution in [0.3, 0.4) is 0 Å². The van der Waals surface area contributed by atoms with Gasteiger partial charge in [0.2, 0.25) is 5.91 Å². The van der Waals surface area contributed by atoms with Crippen molar-refractivity contribution in [3.8, 4) is 0 Å². The smallest absolute Gasteiger partial charge is 0.341 e. The molecule has 27 heavy (non-hydrogen) atoms. The van der Waals surface area contributed by atoms with E-state index in [-0.39, 0.29) is 33.5 Å². The van der Waals surface area contributed by atoms with Crippen LogP contribution in [-0.2, 0) is 9.53 Å². The molecule has 2 aromatic rings. The van der Waals surface area contributed by atoms with Gasteiger partial charge in [-0.15, -0.1) is 11.3 Å². The van der Waals surface area contributed by atoms with Crippen LogP contribution in [0.5, 0.6) is 0 Å². The molecule has 0 fully saturated rings. The highest BCUT2D eigenvalue weighted by Gasteiger charge is 2.24. The Bertz CT molecular complexity index is 916. The van der Waals surface area contributed by atoms with E-state index >= 15 is 0 Å². The Morgan fingerprint density at radius 1 is 1.33 bits per heavy atom. The van der Waals surface area contributed by atoms with E-state index in [1.165, 1.54) is 31.2 Å². The number of anilines is 1. The van der Waals surface area contributed by atoms with E-state index < -0.39 is 17.7 Å². The van der Waals surface area contributed by atoms with Crippen LogP contribution in [0.1, 0.15) is 45.0 Å². The van der Waals surface area contributed by atoms with E-state index in [4.69, 9.17) is 16.3 Å². The minimum absolute atomic E-state index is 0.0757. The van der Waals surface area contributed by atoms with Crippen molar-refractivity contribution >= 4 is 51.7 Å². The van der Waals surface area contributed by atoms with Gasteiger partial charge in [-0.1, -0.05) is 17.7 Å². The zero-order valence-corrected chi connectivity index (χ0v) is 16.5. The molecule has 0 radical (unpaired) electrons. The summed E-state index contributed by atoms with van der Waals surface area (Å²) in [6.45, 7) is 4.80. The number of amides is 1. The fourth-order valence-corrected chi connectivity index (χ4v) is 3.69. The Morgan fingerprint density at radius 2 is 2.04 bits per heavy atom. The number of hydrogen-bond acceptors (Lipinski definition) is 5. The van der Waals surface area contributed by atoms with Gasteiger partial charge in [0.05, 0.1) is 22.1 Å². The Hall–Kier alpha value is -2.51. The van der Waals surface area contributed by atoms with Gasteiger partial charge in [0.1, 0.15) is 10.8 Å². The lowest BCUT2D eigenvalue weighted by atomic mass is 10.1. The maximum absolute atomic E-state index is 13.8. The summed E-state index contributed by atoms with van der Waals surface area (Å²) in [6.07, 6.45) is 2.34. The molecule has 0 spiro atoms. The van der Waals surface area contributed by atoms with Crippen molar-refractivity contribution in [2.75, 3.05) is 11.9 Å². The van der Waals surface area contributed by atoms with E-state index in [1.54, 1.807) is 13.8 Å². The lowest BCUT2D eigenvalue weighted by Gasteiger charge is -2.05. The Kier molecular flexibility index (Phi) is 6.87. The maximum Gasteiger partial charge on any atom is 0.341 e. The summed E-state index contributed by atoms with van der Waals surface area (Å²) in [6, 6.07) is 4.19. The number of halogens is 2. The normalized spacial score (nSPS) is 10.9. The van der Waals surface area contributed by atoms with E-state index in [0.29, 0.717) is 10.4 Å². The van der Waals surface area contributed by atoms with Gasteiger partial charge >= 0.3 is 5.97 Å². The predicted molar refractivity (Wildman–Crippen MR) is 104 cm³/mol. The molecule has 0 unspecified atom stereocenters. The average Bonchev–Trinajstić information content (AvgIpc) is 2.91. The van der Waals surface area contributed by atoms with Crippen LogP contribution in [0, 0.1) is 12.7 Å². The van der Waals surface area contributed by atoms with Crippen LogP contribution in [0.25, 0.3) is 6.08 Å². The highest BCUT2D eigenvalue weighted by Crippen LogP contribution is 2.34. The molecule has 1 aromatic heterocycles. The van der Waals surface area contributed by atoms with Crippen LogP contribution in [-0.4, -0.2) is 24.3 Å². The van der Waals surface area contributed by atoms with Gasteiger partial charge in [0.15, 0.2) is 5.78 Å².